The van der Waals surface area contributed by atoms with E-state index in [1.165, 1.54) is 31.9 Å². The average Bonchev–Trinajstić information content (AvgIpc) is 3.43. The Bertz CT molecular complexity index is 1290. The molecule has 1 aliphatic rings. The fraction of sp³-hybridized carbons (Fsp3) is 0.387. The van der Waals surface area contributed by atoms with Crippen LogP contribution >= 0.6 is 0 Å². The standard InChI is InChI=1S/C31H36N2O4/c1-3-17-32(29(34)16-14-24-9-7-8-10-24)21-30(35)33(19-25-11-5-4-6-12-25)20-26-22-37-28-15-13-23(2)18-27(28)31(26)36/h3-6,11-13,15,18,22,24H,1,7-10,14,16-17,19-21H2,2H3. The predicted molar refractivity (Wildman–Crippen MR) is 146 cm³/mol. The second kappa shape index (κ2) is 12.5. The van der Waals surface area contributed by atoms with E-state index in [0.29, 0.717) is 42.0 Å². The van der Waals surface area contributed by atoms with Gasteiger partial charge in [-0.05, 0) is 37.0 Å². The summed E-state index contributed by atoms with van der Waals surface area (Å²) in [7, 11) is 0. The van der Waals surface area contributed by atoms with E-state index in [4.69, 9.17) is 4.42 Å². The molecule has 1 aliphatic carbocycles. The summed E-state index contributed by atoms with van der Waals surface area (Å²) in [5.41, 5.74) is 2.69. The summed E-state index contributed by atoms with van der Waals surface area (Å²) in [5, 5.41) is 0.500. The van der Waals surface area contributed by atoms with Gasteiger partial charge in [-0.3, -0.25) is 14.4 Å². The lowest BCUT2D eigenvalue weighted by atomic mass is 10.0. The number of hydrogen-bond acceptors (Lipinski definition) is 4. The molecule has 1 saturated carbocycles. The van der Waals surface area contributed by atoms with Gasteiger partial charge in [0.1, 0.15) is 12.1 Å². The molecule has 0 saturated heterocycles. The van der Waals surface area contributed by atoms with Gasteiger partial charge < -0.3 is 14.2 Å². The zero-order valence-electron chi connectivity index (χ0n) is 21.7. The van der Waals surface area contributed by atoms with Gasteiger partial charge in [-0.15, -0.1) is 6.58 Å². The third-order valence-electron chi connectivity index (χ3n) is 7.20. The van der Waals surface area contributed by atoms with Crippen molar-refractivity contribution < 1.29 is 14.0 Å². The van der Waals surface area contributed by atoms with E-state index in [2.05, 4.69) is 6.58 Å². The Morgan fingerprint density at radius 1 is 1.03 bits per heavy atom. The largest absolute Gasteiger partial charge is 0.464 e. The quantitative estimate of drug-likeness (QED) is 0.321. The summed E-state index contributed by atoms with van der Waals surface area (Å²) in [5.74, 6) is 0.361. The van der Waals surface area contributed by atoms with E-state index in [9.17, 15) is 14.4 Å². The van der Waals surface area contributed by atoms with Crippen LogP contribution in [0.25, 0.3) is 11.0 Å². The average molecular weight is 501 g/mol. The van der Waals surface area contributed by atoms with Crippen molar-refractivity contribution in [2.45, 2.75) is 58.5 Å². The number of rotatable bonds is 11. The molecule has 6 nitrogen and oxygen atoms in total. The van der Waals surface area contributed by atoms with Crippen LogP contribution in [0.3, 0.4) is 0 Å². The SMILES string of the molecule is C=CCN(CC(=O)N(Cc1ccccc1)Cc1coc2ccc(C)cc2c1=O)C(=O)CCC1CCCC1. The summed E-state index contributed by atoms with van der Waals surface area (Å²) < 4.78 is 5.73. The minimum absolute atomic E-state index is 0.0273. The smallest absolute Gasteiger partial charge is 0.242 e. The molecule has 0 radical (unpaired) electrons. The van der Waals surface area contributed by atoms with Gasteiger partial charge in [0.05, 0.1) is 23.8 Å². The van der Waals surface area contributed by atoms with Crippen LogP contribution in [0.5, 0.6) is 0 Å². The van der Waals surface area contributed by atoms with Crippen molar-refractivity contribution in [2.24, 2.45) is 5.92 Å². The zero-order valence-corrected chi connectivity index (χ0v) is 21.7. The maximum Gasteiger partial charge on any atom is 0.242 e. The number of amides is 2. The number of hydrogen-bond donors (Lipinski definition) is 0. The predicted octanol–water partition coefficient (Wildman–Crippen LogP) is 5.62. The molecular formula is C31H36N2O4. The first-order chi connectivity index (χ1) is 17.9. The highest BCUT2D eigenvalue weighted by molar-refractivity contribution is 5.85. The van der Waals surface area contributed by atoms with Crippen molar-refractivity contribution in [2.75, 3.05) is 13.1 Å². The maximum absolute atomic E-state index is 13.6. The minimum Gasteiger partial charge on any atom is -0.464 e. The first kappa shape index (κ1) is 26.4. The van der Waals surface area contributed by atoms with Crippen molar-refractivity contribution >= 4 is 22.8 Å². The van der Waals surface area contributed by atoms with Gasteiger partial charge in [-0.2, -0.15) is 0 Å². The van der Waals surface area contributed by atoms with E-state index < -0.39 is 0 Å². The molecule has 194 valence electrons. The monoisotopic (exact) mass is 500 g/mol. The summed E-state index contributed by atoms with van der Waals surface area (Å²) in [6, 6.07) is 15.1. The Balaban J connectivity index is 1.54. The Morgan fingerprint density at radius 2 is 1.78 bits per heavy atom. The Labute approximate surface area is 218 Å². The van der Waals surface area contributed by atoms with Crippen molar-refractivity contribution in [1.82, 2.24) is 9.80 Å². The number of benzene rings is 2. The van der Waals surface area contributed by atoms with Gasteiger partial charge in [0.15, 0.2) is 5.43 Å². The minimum atomic E-state index is -0.219. The number of carbonyl (C=O) groups excluding carboxylic acids is 2. The Kier molecular flexibility index (Phi) is 8.94. The van der Waals surface area contributed by atoms with Gasteiger partial charge in [0.2, 0.25) is 11.8 Å². The third-order valence-corrected chi connectivity index (χ3v) is 7.20. The van der Waals surface area contributed by atoms with Gasteiger partial charge >= 0.3 is 0 Å². The number of nitrogens with zero attached hydrogens (tertiary/aromatic N) is 2. The second-order valence-electron chi connectivity index (χ2n) is 10.1. The lowest BCUT2D eigenvalue weighted by molar-refractivity contribution is -0.141. The molecule has 0 bridgehead atoms. The Morgan fingerprint density at radius 3 is 2.51 bits per heavy atom. The van der Waals surface area contributed by atoms with Crippen molar-refractivity contribution in [1.29, 1.82) is 0 Å². The molecule has 2 amide bonds. The van der Waals surface area contributed by atoms with Crippen LogP contribution in [-0.2, 0) is 22.7 Å². The van der Waals surface area contributed by atoms with E-state index >= 15 is 0 Å². The van der Waals surface area contributed by atoms with Gasteiger partial charge in [0.25, 0.3) is 0 Å². The second-order valence-corrected chi connectivity index (χ2v) is 10.1. The maximum atomic E-state index is 13.6. The molecule has 1 aromatic heterocycles. The van der Waals surface area contributed by atoms with E-state index in [0.717, 1.165) is 17.5 Å². The van der Waals surface area contributed by atoms with E-state index in [1.807, 2.05) is 49.4 Å². The van der Waals surface area contributed by atoms with Crippen LogP contribution in [0, 0.1) is 12.8 Å². The van der Waals surface area contributed by atoms with Gasteiger partial charge in [0, 0.05) is 19.5 Å². The molecule has 0 atom stereocenters. The van der Waals surface area contributed by atoms with Crippen molar-refractivity contribution in [3.63, 3.8) is 0 Å². The molecule has 37 heavy (non-hydrogen) atoms. The molecule has 2 aromatic carbocycles. The zero-order chi connectivity index (χ0) is 26.2. The highest BCUT2D eigenvalue weighted by atomic mass is 16.3. The highest BCUT2D eigenvalue weighted by Crippen LogP contribution is 2.28. The molecule has 0 aliphatic heterocycles. The molecule has 6 heteroatoms. The van der Waals surface area contributed by atoms with E-state index in [1.54, 1.807) is 21.9 Å². The van der Waals surface area contributed by atoms with Gasteiger partial charge in [-0.1, -0.05) is 73.7 Å². The van der Waals surface area contributed by atoms with E-state index in [-0.39, 0.29) is 30.3 Å². The fourth-order valence-corrected chi connectivity index (χ4v) is 5.09. The topological polar surface area (TPSA) is 70.8 Å². The molecule has 1 heterocycles. The summed E-state index contributed by atoms with van der Waals surface area (Å²) in [6.45, 7) is 6.38. The van der Waals surface area contributed by atoms with Crippen LogP contribution in [0.2, 0.25) is 0 Å². The number of aryl methyl sites for hydroxylation is 1. The normalized spacial score (nSPS) is 13.5. The van der Waals surface area contributed by atoms with Crippen LogP contribution in [0.4, 0.5) is 0 Å². The summed E-state index contributed by atoms with van der Waals surface area (Å²) in [4.78, 5) is 43.1. The van der Waals surface area contributed by atoms with Crippen molar-refractivity contribution in [3.8, 4) is 0 Å². The lowest BCUT2D eigenvalue weighted by Gasteiger charge is -2.27. The van der Waals surface area contributed by atoms with Crippen LogP contribution < -0.4 is 5.43 Å². The van der Waals surface area contributed by atoms with Crippen molar-refractivity contribution in [3.05, 3.63) is 94.4 Å². The first-order valence-corrected chi connectivity index (χ1v) is 13.2. The molecule has 3 aromatic rings. The number of carbonyl (C=O) groups is 2. The third kappa shape index (κ3) is 6.97. The van der Waals surface area contributed by atoms with Crippen LogP contribution in [-0.4, -0.2) is 34.7 Å². The van der Waals surface area contributed by atoms with Crippen LogP contribution in [0.15, 0.2) is 76.7 Å². The molecule has 4 rings (SSSR count). The molecule has 0 N–H and O–H groups in total. The summed E-state index contributed by atoms with van der Waals surface area (Å²) in [6.07, 6.45) is 9.26. The molecule has 0 spiro atoms. The number of fused-ring (bicyclic) bond motifs is 1. The molecule has 0 unspecified atom stereocenters. The fourth-order valence-electron chi connectivity index (χ4n) is 5.09. The van der Waals surface area contributed by atoms with Gasteiger partial charge in [-0.25, -0.2) is 0 Å². The lowest BCUT2D eigenvalue weighted by Crippen LogP contribution is -2.43. The molecule has 1 fully saturated rings. The first-order valence-electron chi connectivity index (χ1n) is 13.2. The summed E-state index contributed by atoms with van der Waals surface area (Å²) >= 11 is 0. The Hall–Kier alpha value is -3.67. The highest BCUT2D eigenvalue weighted by Gasteiger charge is 2.24. The van der Waals surface area contributed by atoms with Crippen LogP contribution in [0.1, 0.15) is 55.2 Å². The molecular weight excluding hydrogens is 464 g/mol.